The van der Waals surface area contributed by atoms with Crippen LogP contribution in [-0.2, 0) is 6.54 Å². The predicted octanol–water partition coefficient (Wildman–Crippen LogP) is 3.52. The van der Waals surface area contributed by atoms with Crippen molar-refractivity contribution in [3.63, 3.8) is 0 Å². The van der Waals surface area contributed by atoms with E-state index in [2.05, 4.69) is 5.32 Å². The van der Waals surface area contributed by atoms with Crippen LogP contribution in [-0.4, -0.2) is 10.9 Å². The molecule has 0 fully saturated rings. The first-order valence-corrected chi connectivity index (χ1v) is 6.20. The lowest BCUT2D eigenvalue weighted by Crippen LogP contribution is -2.02. The Morgan fingerprint density at radius 3 is 2.63 bits per heavy atom. The number of phenolic OH excluding ortho intramolecular Hbond substituents is 1. The smallest absolute Gasteiger partial charge is 0.163 e. The molecule has 3 nitrogen and oxygen atoms in total. The molecule has 0 saturated heterocycles. The number of hydrogen-bond donors (Lipinski definition) is 2. The summed E-state index contributed by atoms with van der Waals surface area (Å²) in [6, 6.07) is 13.1. The van der Waals surface area contributed by atoms with Gasteiger partial charge in [0.25, 0.3) is 0 Å². The summed E-state index contributed by atoms with van der Waals surface area (Å²) in [5, 5.41) is 12.9. The molecule has 0 spiro atoms. The SMILES string of the molecule is CC(=O)c1cc(CNc2ccccc2C)ccc1O. The third-order valence-electron chi connectivity index (χ3n) is 3.07. The average Bonchev–Trinajstić information content (AvgIpc) is 2.39. The molecule has 0 radical (unpaired) electrons. The monoisotopic (exact) mass is 255 g/mol. The first-order valence-electron chi connectivity index (χ1n) is 6.20. The third-order valence-corrected chi connectivity index (χ3v) is 3.07. The van der Waals surface area contributed by atoms with Crippen LogP contribution in [0.15, 0.2) is 42.5 Å². The molecule has 3 heteroatoms. The second-order valence-electron chi connectivity index (χ2n) is 4.58. The number of benzene rings is 2. The molecule has 2 N–H and O–H groups in total. The second-order valence-corrected chi connectivity index (χ2v) is 4.58. The molecule has 0 aliphatic carbocycles. The number of carbonyl (C=O) groups excluding carboxylic acids is 1. The Morgan fingerprint density at radius 1 is 1.21 bits per heavy atom. The highest BCUT2D eigenvalue weighted by Gasteiger charge is 2.07. The number of nitrogens with one attached hydrogen (secondary N) is 1. The Morgan fingerprint density at radius 2 is 1.95 bits per heavy atom. The minimum absolute atomic E-state index is 0.0344. The van der Waals surface area contributed by atoms with Gasteiger partial charge in [-0.3, -0.25) is 4.79 Å². The van der Waals surface area contributed by atoms with Crippen molar-refractivity contribution in [2.45, 2.75) is 20.4 Å². The van der Waals surface area contributed by atoms with Gasteiger partial charge in [-0.15, -0.1) is 0 Å². The maximum atomic E-state index is 11.4. The van der Waals surface area contributed by atoms with Gasteiger partial charge < -0.3 is 10.4 Å². The van der Waals surface area contributed by atoms with E-state index in [1.165, 1.54) is 12.5 Å². The highest BCUT2D eigenvalue weighted by molar-refractivity contribution is 5.96. The normalized spacial score (nSPS) is 10.2. The molecular formula is C16H17NO2. The second kappa shape index (κ2) is 5.57. The molecule has 0 atom stereocenters. The summed E-state index contributed by atoms with van der Waals surface area (Å²) in [4.78, 5) is 11.4. The summed E-state index contributed by atoms with van der Waals surface area (Å²) in [5.74, 6) is -0.0950. The zero-order valence-corrected chi connectivity index (χ0v) is 11.1. The molecular weight excluding hydrogens is 238 g/mol. The van der Waals surface area contributed by atoms with Crippen molar-refractivity contribution in [3.05, 3.63) is 59.2 Å². The predicted molar refractivity (Wildman–Crippen MR) is 76.6 cm³/mol. The van der Waals surface area contributed by atoms with Gasteiger partial charge in [-0.05, 0) is 43.2 Å². The number of Topliss-reactive ketones (excluding diaryl/α,β-unsaturated/α-hetero) is 1. The Labute approximate surface area is 112 Å². The van der Waals surface area contributed by atoms with Gasteiger partial charge in [-0.2, -0.15) is 0 Å². The lowest BCUT2D eigenvalue weighted by atomic mass is 10.1. The highest BCUT2D eigenvalue weighted by Crippen LogP contribution is 2.20. The molecule has 0 bridgehead atoms. The number of aryl methyl sites for hydroxylation is 1. The average molecular weight is 255 g/mol. The molecule has 0 heterocycles. The van der Waals surface area contributed by atoms with E-state index in [-0.39, 0.29) is 11.5 Å². The van der Waals surface area contributed by atoms with E-state index in [0.717, 1.165) is 11.3 Å². The summed E-state index contributed by atoms with van der Waals surface area (Å²) < 4.78 is 0. The van der Waals surface area contributed by atoms with Gasteiger partial charge in [-0.1, -0.05) is 24.3 Å². The Hall–Kier alpha value is -2.29. The minimum atomic E-state index is -0.129. The van der Waals surface area contributed by atoms with E-state index in [4.69, 9.17) is 0 Å². The van der Waals surface area contributed by atoms with Crippen LogP contribution in [0.5, 0.6) is 5.75 Å². The maximum absolute atomic E-state index is 11.4. The fourth-order valence-electron chi connectivity index (χ4n) is 1.94. The molecule has 0 unspecified atom stereocenters. The first-order chi connectivity index (χ1) is 9.08. The van der Waals surface area contributed by atoms with Gasteiger partial charge in [0.2, 0.25) is 0 Å². The fraction of sp³-hybridized carbons (Fsp3) is 0.188. The number of para-hydroxylation sites is 1. The number of anilines is 1. The molecule has 2 rings (SSSR count). The minimum Gasteiger partial charge on any atom is -0.507 e. The van der Waals surface area contributed by atoms with Gasteiger partial charge in [0.1, 0.15) is 5.75 Å². The van der Waals surface area contributed by atoms with Crippen LogP contribution in [0.3, 0.4) is 0 Å². The first kappa shape index (κ1) is 13.1. The number of ketones is 1. The molecule has 2 aromatic carbocycles. The van der Waals surface area contributed by atoms with Crippen LogP contribution in [0.2, 0.25) is 0 Å². The van der Waals surface area contributed by atoms with E-state index in [1.54, 1.807) is 12.1 Å². The molecule has 2 aromatic rings. The number of hydrogen-bond acceptors (Lipinski definition) is 3. The molecule has 0 saturated carbocycles. The lowest BCUT2D eigenvalue weighted by molar-refractivity contribution is 0.101. The van der Waals surface area contributed by atoms with E-state index >= 15 is 0 Å². The van der Waals surface area contributed by atoms with Crippen molar-refractivity contribution in [3.8, 4) is 5.75 Å². The van der Waals surface area contributed by atoms with E-state index < -0.39 is 0 Å². The van der Waals surface area contributed by atoms with Crippen LogP contribution in [0, 0.1) is 6.92 Å². The van der Waals surface area contributed by atoms with Gasteiger partial charge in [0.05, 0.1) is 5.56 Å². The Kier molecular flexibility index (Phi) is 3.85. The van der Waals surface area contributed by atoms with Crippen LogP contribution in [0.4, 0.5) is 5.69 Å². The van der Waals surface area contributed by atoms with Gasteiger partial charge >= 0.3 is 0 Å². The topological polar surface area (TPSA) is 49.3 Å². The quantitative estimate of drug-likeness (QED) is 0.822. The summed E-state index contributed by atoms with van der Waals surface area (Å²) >= 11 is 0. The largest absolute Gasteiger partial charge is 0.507 e. The van der Waals surface area contributed by atoms with Crippen LogP contribution in [0.1, 0.15) is 28.4 Å². The number of phenols is 1. The third kappa shape index (κ3) is 3.13. The van der Waals surface area contributed by atoms with Gasteiger partial charge in [0, 0.05) is 12.2 Å². The van der Waals surface area contributed by atoms with Crippen molar-refractivity contribution in [2.24, 2.45) is 0 Å². The highest BCUT2D eigenvalue weighted by atomic mass is 16.3. The van der Waals surface area contributed by atoms with Gasteiger partial charge in [0.15, 0.2) is 5.78 Å². The molecule has 0 amide bonds. The summed E-state index contributed by atoms with van der Waals surface area (Å²) in [6.45, 7) is 4.11. The summed E-state index contributed by atoms with van der Waals surface area (Å²) in [7, 11) is 0. The van der Waals surface area contributed by atoms with Crippen LogP contribution >= 0.6 is 0 Å². The lowest BCUT2D eigenvalue weighted by Gasteiger charge is -2.10. The molecule has 0 aliphatic rings. The van der Waals surface area contributed by atoms with E-state index in [0.29, 0.717) is 12.1 Å². The number of aromatic hydroxyl groups is 1. The Balaban J connectivity index is 2.14. The fourth-order valence-corrected chi connectivity index (χ4v) is 1.94. The van der Waals surface area contributed by atoms with Crippen molar-refractivity contribution in [2.75, 3.05) is 5.32 Å². The standard InChI is InChI=1S/C16H17NO2/c1-11-5-3-4-6-15(11)17-10-13-7-8-16(19)14(9-13)12(2)18/h3-9,17,19H,10H2,1-2H3. The van der Waals surface area contributed by atoms with Crippen molar-refractivity contribution in [1.29, 1.82) is 0 Å². The zero-order chi connectivity index (χ0) is 13.8. The zero-order valence-electron chi connectivity index (χ0n) is 11.1. The Bertz CT molecular complexity index is 605. The van der Waals surface area contributed by atoms with E-state index in [1.807, 2.05) is 37.3 Å². The van der Waals surface area contributed by atoms with Crippen LogP contribution in [0.25, 0.3) is 0 Å². The molecule has 19 heavy (non-hydrogen) atoms. The van der Waals surface area contributed by atoms with Gasteiger partial charge in [-0.25, -0.2) is 0 Å². The van der Waals surface area contributed by atoms with E-state index in [9.17, 15) is 9.90 Å². The maximum Gasteiger partial charge on any atom is 0.163 e. The van der Waals surface area contributed by atoms with Crippen LogP contribution < -0.4 is 5.32 Å². The molecule has 0 aliphatic heterocycles. The van der Waals surface area contributed by atoms with Crippen molar-refractivity contribution in [1.82, 2.24) is 0 Å². The molecule has 98 valence electrons. The van der Waals surface area contributed by atoms with Crippen molar-refractivity contribution >= 4 is 11.5 Å². The summed E-state index contributed by atoms with van der Waals surface area (Å²) in [6.07, 6.45) is 0. The summed E-state index contributed by atoms with van der Waals surface area (Å²) in [5.41, 5.74) is 3.57. The number of carbonyl (C=O) groups is 1. The number of rotatable bonds is 4. The van der Waals surface area contributed by atoms with Crippen molar-refractivity contribution < 1.29 is 9.90 Å². The molecule has 0 aromatic heterocycles.